The summed E-state index contributed by atoms with van der Waals surface area (Å²) >= 11 is 1.62. The molecule has 2 aromatic rings. The molecule has 8 heteroatoms. The molecule has 1 aromatic carbocycles. The van der Waals surface area contributed by atoms with Gasteiger partial charge in [-0.3, -0.25) is 0 Å². The van der Waals surface area contributed by atoms with E-state index < -0.39 is 0 Å². The first-order valence-electron chi connectivity index (χ1n) is 9.26. The van der Waals surface area contributed by atoms with Crippen molar-refractivity contribution in [1.29, 1.82) is 0 Å². The average molecular weight is 389 g/mol. The summed E-state index contributed by atoms with van der Waals surface area (Å²) in [5.74, 6) is 2.70. The van der Waals surface area contributed by atoms with E-state index in [1.54, 1.807) is 18.9 Å². The van der Waals surface area contributed by atoms with Crippen LogP contribution in [0.3, 0.4) is 0 Å². The molecule has 0 unspecified atom stereocenters. The molecule has 1 fully saturated rings. The van der Waals surface area contributed by atoms with Gasteiger partial charge in [-0.2, -0.15) is 0 Å². The first kappa shape index (κ1) is 19.7. The molecule has 7 nitrogen and oxygen atoms in total. The second-order valence-corrected chi connectivity index (χ2v) is 7.64. The number of thioether (sulfide) groups is 1. The summed E-state index contributed by atoms with van der Waals surface area (Å²) < 4.78 is 5.19. The first-order chi connectivity index (χ1) is 13.2. The van der Waals surface area contributed by atoms with Crippen molar-refractivity contribution in [3.8, 4) is 5.75 Å². The van der Waals surface area contributed by atoms with E-state index in [0.717, 1.165) is 61.8 Å². The highest BCUT2D eigenvalue weighted by atomic mass is 32.2. The van der Waals surface area contributed by atoms with Crippen LogP contribution in [0.2, 0.25) is 0 Å². The van der Waals surface area contributed by atoms with Crippen molar-refractivity contribution in [3.05, 3.63) is 35.4 Å². The first-order valence-corrected chi connectivity index (χ1v) is 10.2. The SMILES string of the molecule is COc1ccc(Cc2c(N)nc(SCCCN3CCNCC3)nc2N)cc1. The molecule has 1 saturated heterocycles. The molecular weight excluding hydrogens is 360 g/mol. The Bertz CT molecular complexity index is 710. The topological polar surface area (TPSA) is 102 Å². The molecular formula is C19H28N6OS. The molecule has 0 bridgehead atoms. The number of hydrogen-bond donors (Lipinski definition) is 3. The average Bonchev–Trinajstić information content (AvgIpc) is 2.69. The summed E-state index contributed by atoms with van der Waals surface area (Å²) in [6, 6.07) is 7.84. The largest absolute Gasteiger partial charge is 0.497 e. The van der Waals surface area contributed by atoms with Crippen LogP contribution >= 0.6 is 11.8 Å². The second kappa shape index (κ2) is 9.77. The quantitative estimate of drug-likeness (QED) is 0.356. The Kier molecular flexibility index (Phi) is 7.14. The molecule has 1 aromatic heterocycles. The number of nitrogens with two attached hydrogens (primary N) is 2. The smallest absolute Gasteiger partial charge is 0.191 e. The van der Waals surface area contributed by atoms with E-state index >= 15 is 0 Å². The van der Waals surface area contributed by atoms with Crippen molar-refractivity contribution in [2.45, 2.75) is 18.0 Å². The molecule has 0 aliphatic carbocycles. The molecule has 0 saturated carbocycles. The van der Waals surface area contributed by atoms with Crippen LogP contribution in [-0.4, -0.2) is 60.5 Å². The number of nitrogens with one attached hydrogen (secondary N) is 1. The van der Waals surface area contributed by atoms with Gasteiger partial charge < -0.3 is 26.4 Å². The van der Waals surface area contributed by atoms with Gasteiger partial charge in [0.15, 0.2) is 5.16 Å². The maximum atomic E-state index is 6.16. The minimum Gasteiger partial charge on any atom is -0.497 e. The van der Waals surface area contributed by atoms with Crippen molar-refractivity contribution in [3.63, 3.8) is 0 Å². The standard InChI is InChI=1S/C19H28N6OS/c1-26-15-5-3-14(4-6-15)13-16-17(20)23-19(24-18(16)21)27-12-2-9-25-10-7-22-8-11-25/h3-6,22H,2,7-13H2,1H3,(H4,20,21,23,24). The second-order valence-electron chi connectivity index (χ2n) is 6.57. The van der Waals surface area contributed by atoms with E-state index in [0.29, 0.717) is 23.2 Å². The van der Waals surface area contributed by atoms with Crippen LogP contribution in [0.1, 0.15) is 17.5 Å². The van der Waals surface area contributed by atoms with E-state index in [9.17, 15) is 0 Å². The van der Waals surface area contributed by atoms with Crippen LogP contribution in [0.4, 0.5) is 11.6 Å². The Morgan fingerprint density at radius 2 is 1.78 bits per heavy atom. The molecule has 2 heterocycles. The number of nitrogen functional groups attached to an aromatic ring is 2. The lowest BCUT2D eigenvalue weighted by molar-refractivity contribution is 0.242. The van der Waals surface area contributed by atoms with Crippen molar-refractivity contribution in [2.75, 3.05) is 57.1 Å². The van der Waals surface area contributed by atoms with Gasteiger partial charge in [0.2, 0.25) is 0 Å². The highest BCUT2D eigenvalue weighted by Gasteiger charge is 2.12. The van der Waals surface area contributed by atoms with Gasteiger partial charge in [0.25, 0.3) is 0 Å². The van der Waals surface area contributed by atoms with Crippen LogP contribution < -0.4 is 21.5 Å². The fourth-order valence-corrected chi connectivity index (χ4v) is 3.86. The zero-order valence-corrected chi connectivity index (χ0v) is 16.6. The van der Waals surface area contributed by atoms with Crippen molar-refractivity contribution in [1.82, 2.24) is 20.2 Å². The molecule has 0 amide bonds. The Balaban J connectivity index is 1.53. The van der Waals surface area contributed by atoms with Gasteiger partial charge in [0.05, 0.1) is 7.11 Å². The van der Waals surface area contributed by atoms with E-state index in [2.05, 4.69) is 20.2 Å². The molecule has 27 heavy (non-hydrogen) atoms. The summed E-state index contributed by atoms with van der Waals surface area (Å²) in [7, 11) is 1.65. The van der Waals surface area contributed by atoms with Crippen LogP contribution in [0, 0.1) is 0 Å². The zero-order valence-electron chi connectivity index (χ0n) is 15.8. The van der Waals surface area contributed by atoms with Crippen molar-refractivity contribution >= 4 is 23.4 Å². The van der Waals surface area contributed by atoms with Crippen LogP contribution in [-0.2, 0) is 6.42 Å². The number of aromatic nitrogens is 2. The lowest BCUT2D eigenvalue weighted by Crippen LogP contribution is -2.43. The molecule has 1 aliphatic rings. The lowest BCUT2D eigenvalue weighted by atomic mass is 10.1. The van der Waals surface area contributed by atoms with Crippen LogP contribution in [0.15, 0.2) is 29.4 Å². The molecule has 0 atom stereocenters. The predicted molar refractivity (Wildman–Crippen MR) is 111 cm³/mol. The van der Waals surface area contributed by atoms with Crippen LogP contribution in [0.25, 0.3) is 0 Å². The fourth-order valence-electron chi connectivity index (χ4n) is 3.08. The Morgan fingerprint density at radius 3 is 2.41 bits per heavy atom. The summed E-state index contributed by atoms with van der Waals surface area (Å²) in [5.41, 5.74) is 14.2. The maximum Gasteiger partial charge on any atom is 0.191 e. The number of nitrogens with zero attached hydrogens (tertiary/aromatic N) is 3. The van der Waals surface area contributed by atoms with Crippen molar-refractivity contribution in [2.24, 2.45) is 0 Å². The number of benzene rings is 1. The molecule has 0 radical (unpaired) electrons. The number of methoxy groups -OCH3 is 1. The van der Waals surface area contributed by atoms with E-state index in [1.807, 2.05) is 24.3 Å². The molecule has 146 valence electrons. The predicted octanol–water partition coefficient (Wildman–Crippen LogP) is 1.63. The maximum absolute atomic E-state index is 6.16. The van der Waals surface area contributed by atoms with Crippen LogP contribution in [0.5, 0.6) is 5.75 Å². The summed E-state index contributed by atoms with van der Waals surface area (Å²) in [4.78, 5) is 11.4. The Labute approximate surface area is 164 Å². The van der Waals surface area contributed by atoms with E-state index in [4.69, 9.17) is 16.2 Å². The van der Waals surface area contributed by atoms with Crippen molar-refractivity contribution < 1.29 is 4.74 Å². The van der Waals surface area contributed by atoms with Gasteiger partial charge in [-0.1, -0.05) is 23.9 Å². The Morgan fingerprint density at radius 1 is 1.11 bits per heavy atom. The minimum absolute atomic E-state index is 0.461. The van der Waals surface area contributed by atoms with E-state index in [-0.39, 0.29) is 0 Å². The zero-order chi connectivity index (χ0) is 19.1. The monoisotopic (exact) mass is 388 g/mol. The highest BCUT2D eigenvalue weighted by Crippen LogP contribution is 2.25. The van der Waals surface area contributed by atoms with E-state index in [1.165, 1.54) is 0 Å². The normalized spacial score (nSPS) is 15.0. The lowest BCUT2D eigenvalue weighted by Gasteiger charge is -2.26. The number of piperazine rings is 1. The summed E-state index contributed by atoms with van der Waals surface area (Å²) in [6.07, 6.45) is 1.71. The third kappa shape index (κ3) is 5.72. The Hall–Kier alpha value is -2.03. The molecule has 5 N–H and O–H groups in total. The summed E-state index contributed by atoms with van der Waals surface area (Å²) in [5, 5.41) is 4.03. The van der Waals surface area contributed by atoms with Gasteiger partial charge in [-0.05, 0) is 30.7 Å². The number of rotatable bonds is 8. The van der Waals surface area contributed by atoms with Gasteiger partial charge >= 0.3 is 0 Å². The molecule has 3 rings (SSSR count). The minimum atomic E-state index is 0.461. The number of anilines is 2. The third-order valence-corrected chi connectivity index (χ3v) is 5.58. The van der Waals surface area contributed by atoms with Gasteiger partial charge in [0, 0.05) is 43.9 Å². The summed E-state index contributed by atoms with van der Waals surface area (Å²) in [6.45, 7) is 5.52. The third-order valence-electron chi connectivity index (χ3n) is 4.65. The molecule has 1 aliphatic heterocycles. The fraction of sp³-hybridized carbons (Fsp3) is 0.474. The highest BCUT2D eigenvalue weighted by molar-refractivity contribution is 7.99. The van der Waals surface area contributed by atoms with Gasteiger partial charge in [-0.15, -0.1) is 0 Å². The number of ether oxygens (including phenoxy) is 1. The van der Waals surface area contributed by atoms with Gasteiger partial charge in [-0.25, -0.2) is 9.97 Å². The number of hydrogen-bond acceptors (Lipinski definition) is 8. The van der Waals surface area contributed by atoms with Gasteiger partial charge in [0.1, 0.15) is 17.4 Å². The molecule has 0 spiro atoms.